The molecule has 0 unspecified atom stereocenters. The van der Waals surface area contributed by atoms with Crippen LogP contribution in [-0.4, -0.2) is 33.9 Å². The van der Waals surface area contributed by atoms with Crippen LogP contribution in [0, 0.1) is 0 Å². The second-order valence-electron chi connectivity index (χ2n) is 6.87. The van der Waals surface area contributed by atoms with Gasteiger partial charge in [-0.1, -0.05) is 23.7 Å². The van der Waals surface area contributed by atoms with Crippen LogP contribution in [0.25, 0.3) is 11.4 Å². The number of hydrogen-bond donors (Lipinski definition) is 2. The van der Waals surface area contributed by atoms with Crippen LogP contribution in [0.1, 0.15) is 17.7 Å². The fourth-order valence-electron chi connectivity index (χ4n) is 3.27. The first-order valence-electron chi connectivity index (χ1n) is 9.49. The van der Waals surface area contributed by atoms with E-state index < -0.39 is 5.97 Å². The zero-order valence-corrected chi connectivity index (χ0v) is 17.9. The number of benzene rings is 2. The molecule has 0 amide bonds. The van der Waals surface area contributed by atoms with Gasteiger partial charge in [0.1, 0.15) is 11.6 Å². The van der Waals surface area contributed by atoms with Gasteiger partial charge in [-0.15, -0.1) is 11.8 Å². The van der Waals surface area contributed by atoms with Gasteiger partial charge in [-0.05, 0) is 54.5 Å². The molecule has 0 spiro atoms. The third kappa shape index (κ3) is 4.52. The highest BCUT2D eigenvalue weighted by Crippen LogP contribution is 2.38. The van der Waals surface area contributed by atoms with Crippen molar-refractivity contribution in [2.24, 2.45) is 0 Å². The molecular formula is C22H20ClN3O3S. The SMILES string of the molecule is COc1ccc(-c2nc3c(c(Nc4ccc(CC(=O)O)cc4)n2)SCCC3)cc1Cl. The quantitative estimate of drug-likeness (QED) is 0.542. The highest BCUT2D eigenvalue weighted by atomic mass is 35.5. The summed E-state index contributed by atoms with van der Waals surface area (Å²) in [6.07, 6.45) is 1.97. The van der Waals surface area contributed by atoms with Crippen molar-refractivity contribution >= 4 is 40.8 Å². The molecule has 154 valence electrons. The van der Waals surface area contributed by atoms with E-state index in [2.05, 4.69) is 5.32 Å². The van der Waals surface area contributed by atoms with Gasteiger partial charge in [-0.3, -0.25) is 4.79 Å². The lowest BCUT2D eigenvalue weighted by atomic mass is 10.1. The normalized spacial score (nSPS) is 12.9. The number of aliphatic carboxylic acids is 1. The van der Waals surface area contributed by atoms with E-state index in [1.165, 1.54) is 0 Å². The Kier molecular flexibility index (Phi) is 6.11. The number of anilines is 2. The van der Waals surface area contributed by atoms with E-state index in [1.54, 1.807) is 31.0 Å². The summed E-state index contributed by atoms with van der Waals surface area (Å²) >= 11 is 8.05. The summed E-state index contributed by atoms with van der Waals surface area (Å²) < 4.78 is 5.24. The number of hydrogen-bond acceptors (Lipinski definition) is 6. The van der Waals surface area contributed by atoms with Crippen molar-refractivity contribution in [3.63, 3.8) is 0 Å². The van der Waals surface area contributed by atoms with Gasteiger partial charge in [0.15, 0.2) is 5.82 Å². The van der Waals surface area contributed by atoms with E-state index in [-0.39, 0.29) is 6.42 Å². The van der Waals surface area contributed by atoms with Crippen LogP contribution in [0.3, 0.4) is 0 Å². The molecule has 0 bridgehead atoms. The van der Waals surface area contributed by atoms with Gasteiger partial charge >= 0.3 is 5.97 Å². The maximum atomic E-state index is 10.9. The Labute approximate surface area is 183 Å². The number of carboxylic acids is 1. The van der Waals surface area contributed by atoms with E-state index in [4.69, 9.17) is 31.4 Å². The molecule has 0 radical (unpaired) electrons. The molecular weight excluding hydrogens is 422 g/mol. The number of nitrogens with zero attached hydrogens (tertiary/aromatic N) is 2. The molecule has 30 heavy (non-hydrogen) atoms. The summed E-state index contributed by atoms with van der Waals surface area (Å²) in [5.41, 5.74) is 3.43. The van der Waals surface area contributed by atoms with E-state index in [0.29, 0.717) is 16.6 Å². The Morgan fingerprint density at radius 3 is 2.73 bits per heavy atom. The summed E-state index contributed by atoms with van der Waals surface area (Å²) in [6, 6.07) is 12.9. The summed E-state index contributed by atoms with van der Waals surface area (Å²) in [4.78, 5) is 21.5. The lowest BCUT2D eigenvalue weighted by molar-refractivity contribution is -0.136. The zero-order valence-electron chi connectivity index (χ0n) is 16.3. The number of halogens is 1. The number of carboxylic acid groups (broad SMARTS) is 1. The minimum atomic E-state index is -0.847. The molecule has 0 aliphatic carbocycles. The third-order valence-electron chi connectivity index (χ3n) is 4.72. The van der Waals surface area contributed by atoms with E-state index in [1.807, 2.05) is 30.3 Å². The number of ether oxygens (including phenoxy) is 1. The maximum Gasteiger partial charge on any atom is 0.307 e. The molecule has 0 saturated carbocycles. The zero-order chi connectivity index (χ0) is 21.1. The fourth-order valence-corrected chi connectivity index (χ4v) is 4.57. The Bertz CT molecular complexity index is 1090. The number of fused-ring (bicyclic) bond motifs is 1. The van der Waals surface area contributed by atoms with Crippen LogP contribution in [0.2, 0.25) is 5.02 Å². The van der Waals surface area contributed by atoms with Crippen molar-refractivity contribution < 1.29 is 14.6 Å². The van der Waals surface area contributed by atoms with E-state index in [0.717, 1.165) is 51.8 Å². The molecule has 2 N–H and O–H groups in total. The molecule has 6 nitrogen and oxygen atoms in total. The van der Waals surface area contributed by atoms with Crippen molar-refractivity contribution in [3.8, 4) is 17.1 Å². The van der Waals surface area contributed by atoms with Crippen LogP contribution < -0.4 is 10.1 Å². The first-order chi connectivity index (χ1) is 14.5. The molecule has 8 heteroatoms. The molecule has 2 aromatic carbocycles. The first kappa shape index (κ1) is 20.5. The number of methoxy groups -OCH3 is 1. The second-order valence-corrected chi connectivity index (χ2v) is 8.38. The fraction of sp³-hybridized carbons (Fsp3) is 0.227. The summed E-state index contributed by atoms with van der Waals surface area (Å²) in [6.45, 7) is 0. The molecule has 1 aliphatic rings. The molecule has 0 fully saturated rings. The van der Waals surface area contributed by atoms with Crippen molar-refractivity contribution in [1.29, 1.82) is 0 Å². The van der Waals surface area contributed by atoms with Crippen LogP contribution >= 0.6 is 23.4 Å². The van der Waals surface area contributed by atoms with Crippen molar-refractivity contribution in [1.82, 2.24) is 9.97 Å². The highest BCUT2D eigenvalue weighted by molar-refractivity contribution is 7.99. The average molecular weight is 442 g/mol. The standard InChI is InChI=1S/C22H20ClN3O3S/c1-29-18-9-6-14(12-16(18)23)21-25-17-3-2-10-30-20(17)22(26-21)24-15-7-4-13(5-8-15)11-19(27)28/h4-9,12H,2-3,10-11H2,1H3,(H,27,28)(H,24,25,26). The second kappa shape index (κ2) is 8.93. The Hall–Kier alpha value is -2.77. The Morgan fingerprint density at radius 2 is 2.03 bits per heavy atom. The number of aromatic nitrogens is 2. The number of nitrogens with one attached hydrogen (secondary N) is 1. The summed E-state index contributed by atoms with van der Waals surface area (Å²) in [5, 5.41) is 12.8. The topological polar surface area (TPSA) is 84.3 Å². The van der Waals surface area contributed by atoms with Crippen LogP contribution in [-0.2, 0) is 17.6 Å². The van der Waals surface area contributed by atoms with E-state index >= 15 is 0 Å². The lowest BCUT2D eigenvalue weighted by Crippen LogP contribution is -2.09. The Balaban J connectivity index is 1.69. The number of thioether (sulfide) groups is 1. The van der Waals surface area contributed by atoms with Crippen LogP contribution in [0.4, 0.5) is 11.5 Å². The molecule has 1 aliphatic heterocycles. The third-order valence-corrected chi connectivity index (χ3v) is 6.23. The molecule has 1 aromatic heterocycles. The van der Waals surface area contributed by atoms with Crippen LogP contribution in [0.15, 0.2) is 47.4 Å². The monoisotopic (exact) mass is 441 g/mol. The van der Waals surface area contributed by atoms with Crippen molar-refractivity contribution in [2.45, 2.75) is 24.2 Å². The average Bonchev–Trinajstić information content (AvgIpc) is 2.74. The molecule has 2 heterocycles. The van der Waals surface area contributed by atoms with Gasteiger partial charge in [0.2, 0.25) is 0 Å². The number of carbonyl (C=O) groups is 1. The molecule has 4 rings (SSSR count). The van der Waals surface area contributed by atoms with Gasteiger partial charge in [0.25, 0.3) is 0 Å². The van der Waals surface area contributed by atoms with Gasteiger partial charge in [-0.25, -0.2) is 9.97 Å². The number of rotatable bonds is 6. The van der Waals surface area contributed by atoms with Gasteiger partial charge in [0.05, 0.1) is 29.1 Å². The molecule has 3 aromatic rings. The predicted octanol–water partition coefficient (Wildman–Crippen LogP) is 5.21. The Morgan fingerprint density at radius 1 is 1.23 bits per heavy atom. The van der Waals surface area contributed by atoms with Crippen molar-refractivity contribution in [3.05, 3.63) is 58.7 Å². The molecule has 0 saturated heterocycles. The first-order valence-corrected chi connectivity index (χ1v) is 10.8. The maximum absolute atomic E-state index is 10.9. The predicted molar refractivity (Wildman–Crippen MR) is 119 cm³/mol. The minimum Gasteiger partial charge on any atom is -0.495 e. The largest absolute Gasteiger partial charge is 0.495 e. The van der Waals surface area contributed by atoms with Gasteiger partial charge in [0, 0.05) is 11.3 Å². The van der Waals surface area contributed by atoms with Gasteiger partial charge in [-0.2, -0.15) is 0 Å². The van der Waals surface area contributed by atoms with Crippen molar-refractivity contribution in [2.75, 3.05) is 18.2 Å². The summed E-state index contributed by atoms with van der Waals surface area (Å²) in [7, 11) is 1.58. The molecule has 0 atom stereocenters. The van der Waals surface area contributed by atoms with Crippen LogP contribution in [0.5, 0.6) is 5.75 Å². The smallest absolute Gasteiger partial charge is 0.307 e. The minimum absolute atomic E-state index is 0.00140. The van der Waals surface area contributed by atoms with E-state index in [9.17, 15) is 4.79 Å². The van der Waals surface area contributed by atoms with Gasteiger partial charge < -0.3 is 15.2 Å². The highest BCUT2D eigenvalue weighted by Gasteiger charge is 2.20. The number of aryl methyl sites for hydroxylation is 1. The lowest BCUT2D eigenvalue weighted by Gasteiger charge is -2.19. The summed E-state index contributed by atoms with van der Waals surface area (Å²) in [5.74, 6) is 2.13.